The molecule has 0 saturated carbocycles. The first-order chi connectivity index (χ1) is 13.3. The minimum atomic E-state index is -0.00128. The summed E-state index contributed by atoms with van der Waals surface area (Å²) in [7, 11) is 3.50. The number of allylic oxidation sites excluding steroid dienone is 2. The molecule has 0 unspecified atom stereocenters. The maximum absolute atomic E-state index is 12.0. The van der Waals surface area contributed by atoms with Crippen LogP contribution in [0.2, 0.25) is 0 Å². The van der Waals surface area contributed by atoms with E-state index < -0.39 is 0 Å². The fourth-order valence-corrected chi connectivity index (χ4v) is 3.25. The van der Waals surface area contributed by atoms with Gasteiger partial charge < -0.3 is 10.6 Å². The lowest BCUT2D eigenvalue weighted by molar-refractivity contribution is 0.0827. The first kappa shape index (κ1) is 21.9. The molecule has 0 radical (unpaired) electrons. The molecule has 0 bridgehead atoms. The third-order valence-corrected chi connectivity index (χ3v) is 5.16. The second-order valence-corrected chi connectivity index (χ2v) is 7.78. The van der Waals surface area contributed by atoms with Crippen molar-refractivity contribution in [1.29, 1.82) is 0 Å². The third-order valence-electron chi connectivity index (χ3n) is 5.16. The number of nitrogens with two attached hydrogens (primary N) is 1. The maximum atomic E-state index is 12.0. The van der Waals surface area contributed by atoms with E-state index in [4.69, 9.17) is 5.73 Å². The number of nitrogens with zero attached hydrogens (tertiary/aromatic N) is 3. The zero-order valence-corrected chi connectivity index (χ0v) is 17.7. The third kappa shape index (κ3) is 6.08. The van der Waals surface area contributed by atoms with Crippen LogP contribution in [0, 0.1) is 0 Å². The highest BCUT2D eigenvalue weighted by Gasteiger charge is 2.18. The number of benzene rings is 1. The summed E-state index contributed by atoms with van der Waals surface area (Å²) in [4.78, 5) is 18.5. The molecule has 0 aliphatic carbocycles. The molecule has 5 heteroatoms. The fraction of sp³-hybridized carbons (Fsp3) is 0.435. The minimum Gasteiger partial charge on any atom is -0.404 e. The van der Waals surface area contributed by atoms with Crippen LogP contribution in [-0.4, -0.2) is 73.5 Å². The smallest absolute Gasteiger partial charge is 0.253 e. The topological polar surface area (TPSA) is 52.8 Å². The van der Waals surface area contributed by atoms with Crippen LogP contribution < -0.4 is 5.73 Å². The highest BCUT2D eigenvalue weighted by Crippen LogP contribution is 2.17. The Kier molecular flexibility index (Phi) is 8.03. The van der Waals surface area contributed by atoms with Crippen molar-refractivity contribution in [3.8, 4) is 0 Å². The predicted molar refractivity (Wildman–Crippen MR) is 118 cm³/mol. The van der Waals surface area contributed by atoms with Crippen LogP contribution in [0.15, 0.2) is 54.8 Å². The van der Waals surface area contributed by atoms with Crippen molar-refractivity contribution in [3.05, 3.63) is 65.9 Å². The summed E-state index contributed by atoms with van der Waals surface area (Å²) in [6, 6.07) is 8.14. The van der Waals surface area contributed by atoms with Gasteiger partial charge in [0.25, 0.3) is 5.91 Å². The van der Waals surface area contributed by atoms with Gasteiger partial charge in [-0.2, -0.15) is 0 Å². The molecule has 0 spiro atoms. The number of hydrogen-bond donors (Lipinski definition) is 1. The summed E-state index contributed by atoms with van der Waals surface area (Å²) < 4.78 is 0. The standard InChI is InChI=1S/C23H34N4O/c1-18(2)27-14-12-26(13-15-27)17-20(16-24)7-6-19(3)21-8-10-22(11-9-21)23(28)25(4)5/h6-11,16,18H,3,12-15,17,24H2,1-2,4-5H3/b7-6-,20-16+. The van der Waals surface area contributed by atoms with Crippen molar-refractivity contribution in [2.75, 3.05) is 46.8 Å². The zero-order valence-electron chi connectivity index (χ0n) is 17.7. The quantitative estimate of drug-likeness (QED) is 0.737. The lowest BCUT2D eigenvalue weighted by atomic mass is 10.0. The van der Waals surface area contributed by atoms with Crippen LogP contribution in [0.5, 0.6) is 0 Å². The van der Waals surface area contributed by atoms with Crippen molar-refractivity contribution in [2.45, 2.75) is 19.9 Å². The fourth-order valence-electron chi connectivity index (χ4n) is 3.25. The van der Waals surface area contributed by atoms with Gasteiger partial charge in [-0.3, -0.25) is 14.6 Å². The molecule has 1 aromatic carbocycles. The van der Waals surface area contributed by atoms with Crippen LogP contribution >= 0.6 is 0 Å². The summed E-state index contributed by atoms with van der Waals surface area (Å²) in [5.41, 5.74) is 9.50. The Balaban J connectivity index is 1.92. The van der Waals surface area contributed by atoms with Gasteiger partial charge in [0.05, 0.1) is 0 Å². The SMILES string of the molecule is C=C(/C=C\C(=C/N)CN1CCN(C(C)C)CC1)c1ccc(C(=O)N(C)C)cc1. The van der Waals surface area contributed by atoms with Crippen molar-refractivity contribution < 1.29 is 4.79 Å². The summed E-state index contributed by atoms with van der Waals surface area (Å²) in [6.45, 7) is 13.8. The Morgan fingerprint density at radius 1 is 1.11 bits per heavy atom. The molecule has 2 N–H and O–H groups in total. The molecule has 0 atom stereocenters. The van der Waals surface area contributed by atoms with Crippen LogP contribution in [-0.2, 0) is 0 Å². The van der Waals surface area contributed by atoms with Gasteiger partial charge in [-0.05, 0) is 48.9 Å². The molecule has 2 rings (SSSR count). The van der Waals surface area contributed by atoms with Gasteiger partial charge in [0.1, 0.15) is 0 Å². The average Bonchev–Trinajstić information content (AvgIpc) is 2.70. The van der Waals surface area contributed by atoms with Gasteiger partial charge in [-0.15, -0.1) is 0 Å². The predicted octanol–water partition coefficient (Wildman–Crippen LogP) is 2.83. The second-order valence-electron chi connectivity index (χ2n) is 7.78. The van der Waals surface area contributed by atoms with Gasteiger partial charge in [0.2, 0.25) is 0 Å². The van der Waals surface area contributed by atoms with Crippen LogP contribution in [0.3, 0.4) is 0 Å². The Labute approximate surface area is 169 Å². The molecule has 152 valence electrons. The largest absolute Gasteiger partial charge is 0.404 e. The molecule has 5 nitrogen and oxygen atoms in total. The Bertz CT molecular complexity index is 723. The van der Waals surface area contributed by atoms with Crippen molar-refractivity contribution >= 4 is 11.5 Å². The minimum absolute atomic E-state index is 0.00128. The molecule has 1 heterocycles. The van der Waals surface area contributed by atoms with E-state index in [1.54, 1.807) is 25.2 Å². The Morgan fingerprint density at radius 2 is 1.68 bits per heavy atom. The summed E-state index contributed by atoms with van der Waals surface area (Å²) in [6.07, 6.45) is 5.71. The van der Waals surface area contributed by atoms with Crippen molar-refractivity contribution in [3.63, 3.8) is 0 Å². The van der Waals surface area contributed by atoms with Crippen molar-refractivity contribution in [1.82, 2.24) is 14.7 Å². The number of piperazine rings is 1. The first-order valence-corrected chi connectivity index (χ1v) is 9.88. The second kappa shape index (κ2) is 10.2. The highest BCUT2D eigenvalue weighted by molar-refractivity contribution is 5.94. The molecule has 1 fully saturated rings. The molecule has 1 saturated heterocycles. The molecule has 0 aromatic heterocycles. The number of carbonyl (C=O) groups is 1. The molecule has 1 amide bonds. The lowest BCUT2D eigenvalue weighted by Crippen LogP contribution is -2.49. The normalized spacial score (nSPS) is 16.7. The van der Waals surface area contributed by atoms with E-state index in [1.807, 2.05) is 36.4 Å². The van der Waals surface area contributed by atoms with E-state index >= 15 is 0 Å². The van der Waals surface area contributed by atoms with E-state index in [0.717, 1.165) is 49.4 Å². The lowest BCUT2D eigenvalue weighted by Gasteiger charge is -2.37. The Hall–Kier alpha value is -2.37. The van der Waals surface area contributed by atoms with E-state index in [-0.39, 0.29) is 5.91 Å². The van der Waals surface area contributed by atoms with Gasteiger partial charge in [-0.1, -0.05) is 30.9 Å². The van der Waals surface area contributed by atoms with Crippen molar-refractivity contribution in [2.24, 2.45) is 5.73 Å². The van der Waals surface area contributed by atoms with E-state index in [9.17, 15) is 4.79 Å². The summed E-state index contributed by atoms with van der Waals surface area (Å²) in [5, 5.41) is 0. The van der Waals surface area contributed by atoms with Crippen LogP contribution in [0.1, 0.15) is 29.8 Å². The first-order valence-electron chi connectivity index (χ1n) is 9.88. The Morgan fingerprint density at radius 3 is 2.18 bits per heavy atom. The van der Waals surface area contributed by atoms with Gasteiger partial charge in [0.15, 0.2) is 0 Å². The van der Waals surface area contributed by atoms with Crippen LogP contribution in [0.4, 0.5) is 0 Å². The number of rotatable bonds is 7. The van der Waals surface area contributed by atoms with Gasteiger partial charge in [-0.25, -0.2) is 0 Å². The average molecular weight is 383 g/mol. The summed E-state index contributed by atoms with van der Waals surface area (Å²) >= 11 is 0. The molecular formula is C23H34N4O. The molecule has 1 aromatic rings. The number of hydrogen-bond acceptors (Lipinski definition) is 4. The highest BCUT2D eigenvalue weighted by atomic mass is 16.2. The van der Waals surface area contributed by atoms with E-state index in [2.05, 4.69) is 30.2 Å². The van der Waals surface area contributed by atoms with Gasteiger partial charge >= 0.3 is 0 Å². The molecule has 1 aliphatic rings. The molecule has 1 aliphatic heterocycles. The number of amides is 1. The zero-order chi connectivity index (χ0) is 20.7. The van der Waals surface area contributed by atoms with Crippen LogP contribution in [0.25, 0.3) is 5.57 Å². The number of carbonyl (C=O) groups excluding carboxylic acids is 1. The monoisotopic (exact) mass is 382 g/mol. The maximum Gasteiger partial charge on any atom is 0.253 e. The van der Waals surface area contributed by atoms with E-state index in [1.165, 1.54) is 0 Å². The molecular weight excluding hydrogens is 348 g/mol. The summed E-state index contributed by atoms with van der Waals surface area (Å²) in [5.74, 6) is -0.00128. The van der Waals surface area contributed by atoms with E-state index in [0.29, 0.717) is 11.6 Å². The van der Waals surface area contributed by atoms with Gasteiger partial charge in [0, 0.05) is 58.4 Å². The molecule has 28 heavy (non-hydrogen) atoms.